The summed E-state index contributed by atoms with van der Waals surface area (Å²) >= 11 is 0. The van der Waals surface area contributed by atoms with Gasteiger partial charge in [-0.3, -0.25) is 5.41 Å². The maximum absolute atomic E-state index is 8.44. The molecule has 0 radical (unpaired) electrons. The first-order valence-corrected chi connectivity index (χ1v) is 9.73. The van der Waals surface area contributed by atoms with Gasteiger partial charge in [0.15, 0.2) is 0 Å². The average molecular weight is 349 g/mol. The predicted octanol–water partition coefficient (Wildman–Crippen LogP) is 5.78. The van der Waals surface area contributed by atoms with Gasteiger partial charge in [-0.15, -0.1) is 0 Å². The fourth-order valence-corrected chi connectivity index (χ4v) is 5.24. The summed E-state index contributed by atoms with van der Waals surface area (Å²) in [5.74, 6) is 0.844. The lowest BCUT2D eigenvalue weighted by Crippen LogP contribution is -1.96. The number of ether oxygens (including phenoxy) is 1. The Hall–Kier alpha value is -2.43. The lowest BCUT2D eigenvalue weighted by atomic mass is 9.97. The normalized spacial score (nSPS) is 10.9. The molecule has 0 aliphatic heterocycles. The van der Waals surface area contributed by atoms with Crippen LogP contribution in [0.4, 0.5) is 0 Å². The van der Waals surface area contributed by atoms with E-state index >= 15 is 0 Å². The average Bonchev–Trinajstić information content (AvgIpc) is 3.02. The van der Waals surface area contributed by atoms with E-state index in [1.165, 1.54) is 21.1 Å². The number of hydrogen-bond acceptors (Lipinski definition) is 4. The molecule has 1 heterocycles. The molecule has 1 N–H and O–H groups in total. The summed E-state index contributed by atoms with van der Waals surface area (Å²) in [6, 6.07) is 22.7. The number of rotatable bonds is 3. The van der Waals surface area contributed by atoms with Crippen LogP contribution in [0.25, 0.3) is 32.3 Å². The van der Waals surface area contributed by atoms with Crippen molar-refractivity contribution in [3.05, 3.63) is 71.4 Å². The molecule has 0 atom stereocenters. The highest BCUT2D eigenvalue weighted by atomic mass is 32.9. The van der Waals surface area contributed by atoms with Gasteiger partial charge in [-0.05, 0) is 46.2 Å². The van der Waals surface area contributed by atoms with Crippen molar-refractivity contribution in [1.82, 2.24) is 0 Å². The molecule has 0 amide bonds. The number of fused-ring (bicyclic) bond motifs is 1. The van der Waals surface area contributed by atoms with E-state index in [9.17, 15) is 0 Å². The summed E-state index contributed by atoms with van der Waals surface area (Å²) in [6.07, 6.45) is 0. The van der Waals surface area contributed by atoms with Crippen LogP contribution in [-0.2, 0) is 0 Å². The van der Waals surface area contributed by atoms with Crippen LogP contribution in [0.5, 0.6) is 5.75 Å². The van der Waals surface area contributed by atoms with Crippen molar-refractivity contribution < 1.29 is 4.74 Å². The highest BCUT2D eigenvalue weighted by molar-refractivity contribution is 7.70. The third kappa shape index (κ3) is 2.54. The molecule has 0 aliphatic carbocycles. The van der Waals surface area contributed by atoms with Crippen molar-refractivity contribution in [1.29, 1.82) is 5.41 Å². The summed E-state index contributed by atoms with van der Waals surface area (Å²) in [5.41, 5.74) is 3.27. The minimum absolute atomic E-state index is 0.613. The van der Waals surface area contributed by atoms with Crippen LogP contribution in [0.2, 0.25) is 0 Å². The van der Waals surface area contributed by atoms with Gasteiger partial charge in [0.05, 0.1) is 12.0 Å². The van der Waals surface area contributed by atoms with Gasteiger partial charge in [0.25, 0.3) is 0 Å². The minimum Gasteiger partial charge on any atom is -0.497 e. The second-order valence-electron chi connectivity index (χ2n) is 5.46. The Morgan fingerprint density at radius 1 is 0.833 bits per heavy atom. The molecule has 0 saturated heterocycles. The highest BCUT2D eigenvalue weighted by Gasteiger charge is 2.15. The molecule has 2 nitrogen and oxygen atoms in total. The molecule has 0 fully saturated rings. The lowest BCUT2D eigenvalue weighted by Gasteiger charge is -2.08. The minimum atomic E-state index is 0.613. The van der Waals surface area contributed by atoms with Crippen molar-refractivity contribution in [2.75, 3.05) is 7.11 Å². The van der Waals surface area contributed by atoms with E-state index in [2.05, 4.69) is 48.5 Å². The van der Waals surface area contributed by atoms with Gasteiger partial charge in [0, 0.05) is 5.56 Å². The van der Waals surface area contributed by atoms with E-state index in [1.54, 1.807) is 17.5 Å². The number of nitrogens with one attached hydrogen (secondary N) is 1. The second kappa shape index (κ2) is 6.23. The van der Waals surface area contributed by atoms with Gasteiger partial charge >= 0.3 is 0 Å². The number of hydrogen-bond donors (Lipinski definition) is 1. The van der Waals surface area contributed by atoms with Crippen LogP contribution < -0.4 is 9.41 Å². The molecule has 4 heteroatoms. The molecule has 1 aromatic heterocycles. The Bertz CT molecular complexity index is 1060. The van der Waals surface area contributed by atoms with Crippen LogP contribution in [-0.4, -0.2) is 7.11 Å². The van der Waals surface area contributed by atoms with E-state index < -0.39 is 0 Å². The molecule has 24 heavy (non-hydrogen) atoms. The molecule has 4 rings (SSSR count). The number of benzene rings is 3. The van der Waals surface area contributed by atoms with Gasteiger partial charge in [-0.25, -0.2) is 0 Å². The molecule has 0 spiro atoms. The Labute approximate surface area is 147 Å². The monoisotopic (exact) mass is 349 g/mol. The van der Waals surface area contributed by atoms with Gasteiger partial charge in [-0.2, -0.15) is 0 Å². The number of methoxy groups -OCH3 is 1. The van der Waals surface area contributed by atoms with Crippen LogP contribution in [0.1, 0.15) is 0 Å². The molecule has 118 valence electrons. The summed E-state index contributed by atoms with van der Waals surface area (Å²) < 4.78 is 5.86. The highest BCUT2D eigenvalue weighted by Crippen LogP contribution is 2.39. The van der Waals surface area contributed by atoms with E-state index in [0.29, 0.717) is 4.67 Å². The Balaban J connectivity index is 1.95. The summed E-state index contributed by atoms with van der Waals surface area (Å²) in [4.78, 5) is 1.14. The van der Waals surface area contributed by atoms with Crippen molar-refractivity contribution in [3.8, 4) is 27.3 Å². The van der Waals surface area contributed by atoms with E-state index in [4.69, 9.17) is 10.1 Å². The van der Waals surface area contributed by atoms with Crippen LogP contribution in [0.15, 0.2) is 66.7 Å². The van der Waals surface area contributed by atoms with Crippen molar-refractivity contribution in [3.63, 3.8) is 0 Å². The first-order valence-electron chi connectivity index (χ1n) is 7.58. The largest absolute Gasteiger partial charge is 0.497 e. The van der Waals surface area contributed by atoms with Crippen LogP contribution in [0.3, 0.4) is 0 Å². The smallest absolute Gasteiger partial charge is 0.127 e. The molecule has 4 aromatic rings. The van der Waals surface area contributed by atoms with E-state index in [1.807, 2.05) is 18.2 Å². The molecule has 0 saturated carbocycles. The first-order chi connectivity index (χ1) is 11.8. The molecule has 0 aliphatic rings. The van der Waals surface area contributed by atoms with Crippen molar-refractivity contribution in [2.24, 2.45) is 0 Å². The second-order valence-corrected chi connectivity index (χ2v) is 7.60. The zero-order chi connectivity index (χ0) is 16.5. The van der Waals surface area contributed by atoms with E-state index in [0.717, 1.165) is 27.3 Å². The fraction of sp³-hybridized carbons (Fsp3) is 0.0500. The summed E-state index contributed by atoms with van der Waals surface area (Å²) in [5, 5.41) is 10.8. The van der Waals surface area contributed by atoms with Crippen molar-refractivity contribution >= 4 is 31.5 Å². The van der Waals surface area contributed by atoms with Crippen molar-refractivity contribution in [2.45, 2.75) is 0 Å². The standard InChI is InChI=1S/C20H15NOS2/c1-22-15-11-9-14(10-12-15)19-18(20(21)24-23-19)17-8-4-6-13-5-2-3-7-16(13)17/h2-12,21H,1H3. The van der Waals surface area contributed by atoms with Gasteiger partial charge in [-0.1, -0.05) is 63.1 Å². The quantitative estimate of drug-likeness (QED) is 0.467. The zero-order valence-electron chi connectivity index (χ0n) is 13.1. The molecule has 3 aromatic carbocycles. The van der Waals surface area contributed by atoms with Gasteiger partial charge in [0.1, 0.15) is 10.4 Å². The Morgan fingerprint density at radius 3 is 2.38 bits per heavy atom. The predicted molar refractivity (Wildman–Crippen MR) is 103 cm³/mol. The Kier molecular flexibility index (Phi) is 3.92. The van der Waals surface area contributed by atoms with Gasteiger partial charge in [0.2, 0.25) is 0 Å². The maximum atomic E-state index is 8.44. The van der Waals surface area contributed by atoms with Gasteiger partial charge < -0.3 is 4.74 Å². The molecular weight excluding hydrogens is 334 g/mol. The molecule has 0 bridgehead atoms. The fourth-order valence-electron chi connectivity index (χ4n) is 2.89. The van der Waals surface area contributed by atoms with Crippen LogP contribution >= 0.6 is 20.7 Å². The first kappa shape index (κ1) is 15.1. The zero-order valence-corrected chi connectivity index (χ0v) is 14.7. The lowest BCUT2D eigenvalue weighted by molar-refractivity contribution is 0.415. The third-order valence-electron chi connectivity index (χ3n) is 4.07. The third-order valence-corrected chi connectivity index (χ3v) is 6.38. The topological polar surface area (TPSA) is 33.1 Å². The summed E-state index contributed by atoms with van der Waals surface area (Å²) in [6.45, 7) is 0. The SMILES string of the molecule is COc1ccc(-c2ssc(=N)c2-c2cccc3ccccc23)cc1. The van der Waals surface area contributed by atoms with Crippen LogP contribution in [0, 0.1) is 5.41 Å². The Morgan fingerprint density at radius 2 is 1.58 bits per heavy atom. The molecular formula is C20H15NOS2. The maximum Gasteiger partial charge on any atom is 0.127 e. The molecule has 0 unspecified atom stereocenters. The van der Waals surface area contributed by atoms with E-state index in [-0.39, 0.29) is 0 Å². The summed E-state index contributed by atoms with van der Waals surface area (Å²) in [7, 11) is 4.85.